The van der Waals surface area contributed by atoms with Crippen molar-refractivity contribution in [2.24, 2.45) is 10.9 Å². The van der Waals surface area contributed by atoms with E-state index in [-0.39, 0.29) is 18.4 Å². The lowest BCUT2D eigenvalue weighted by atomic mass is 9.92. The summed E-state index contributed by atoms with van der Waals surface area (Å²) in [5.74, 6) is 0.638. The molecule has 4 heterocycles. The zero-order valence-electron chi connectivity index (χ0n) is 25.1. The fourth-order valence-corrected chi connectivity index (χ4v) is 6.60. The quantitative estimate of drug-likeness (QED) is 0.472. The van der Waals surface area contributed by atoms with Gasteiger partial charge in [-0.3, -0.25) is 9.59 Å². The number of allylic oxidation sites excluding steroid dienone is 1. The van der Waals surface area contributed by atoms with Gasteiger partial charge in [-0.15, -0.1) is 0 Å². The highest BCUT2D eigenvalue weighted by molar-refractivity contribution is 6.10. The number of benzene rings is 1. The topological polar surface area (TPSA) is 96.6 Å². The second-order valence-corrected chi connectivity index (χ2v) is 11.5. The van der Waals surface area contributed by atoms with E-state index < -0.39 is 5.92 Å². The molecular formula is C32H44N4O5. The molecule has 0 spiro atoms. The number of ether oxygens (including phenoxy) is 2. The highest BCUT2D eigenvalue weighted by Crippen LogP contribution is 2.39. The molecular weight excluding hydrogens is 520 g/mol. The largest absolute Gasteiger partial charge is 0.500 e. The Kier molecular flexibility index (Phi) is 9.14. The van der Waals surface area contributed by atoms with Crippen LogP contribution in [0.2, 0.25) is 0 Å². The number of hydrogen-bond donors (Lipinski definition) is 1. The zero-order valence-corrected chi connectivity index (χ0v) is 25.1. The van der Waals surface area contributed by atoms with Gasteiger partial charge in [0.05, 0.1) is 12.7 Å². The summed E-state index contributed by atoms with van der Waals surface area (Å²) in [6, 6.07) is 4.58. The molecule has 2 amide bonds. The number of amides is 2. The van der Waals surface area contributed by atoms with Crippen LogP contribution in [0.4, 0.5) is 5.69 Å². The highest BCUT2D eigenvalue weighted by atomic mass is 16.5. The Labute approximate surface area is 242 Å². The smallest absolute Gasteiger partial charge is 0.258 e. The minimum Gasteiger partial charge on any atom is -0.500 e. The Morgan fingerprint density at radius 3 is 2.56 bits per heavy atom. The van der Waals surface area contributed by atoms with Gasteiger partial charge in [0, 0.05) is 61.1 Å². The lowest BCUT2D eigenvalue weighted by molar-refractivity contribution is -0.121. The Hall–Kier alpha value is -3.17. The van der Waals surface area contributed by atoms with E-state index in [4.69, 9.17) is 13.9 Å². The lowest BCUT2D eigenvalue weighted by Crippen LogP contribution is -2.40. The number of anilines is 1. The first-order valence-corrected chi connectivity index (χ1v) is 15.1. The number of hydrogen-bond acceptors (Lipinski definition) is 7. The molecule has 0 aliphatic carbocycles. The van der Waals surface area contributed by atoms with E-state index in [1.807, 2.05) is 0 Å². The first-order valence-electron chi connectivity index (χ1n) is 15.1. The Balaban J connectivity index is 1.54. The van der Waals surface area contributed by atoms with E-state index in [0.29, 0.717) is 35.4 Å². The molecule has 1 atom stereocenters. The van der Waals surface area contributed by atoms with Crippen LogP contribution in [-0.2, 0) is 20.7 Å². The molecule has 222 valence electrons. The molecule has 0 bridgehead atoms. The van der Waals surface area contributed by atoms with Gasteiger partial charge >= 0.3 is 0 Å². The van der Waals surface area contributed by atoms with Crippen molar-refractivity contribution in [2.45, 2.75) is 64.8 Å². The second kappa shape index (κ2) is 12.8. The van der Waals surface area contributed by atoms with Crippen molar-refractivity contribution in [3.8, 4) is 0 Å². The molecule has 41 heavy (non-hydrogen) atoms. The minimum absolute atomic E-state index is 0.111. The number of nitrogens with zero attached hydrogens (tertiary/aromatic N) is 3. The van der Waals surface area contributed by atoms with Crippen LogP contribution in [0.3, 0.4) is 0 Å². The summed E-state index contributed by atoms with van der Waals surface area (Å²) in [4.78, 5) is 35.7. The molecule has 1 N–H and O–H groups in total. The maximum absolute atomic E-state index is 14.1. The van der Waals surface area contributed by atoms with Gasteiger partial charge in [0.15, 0.2) is 0 Å². The Morgan fingerprint density at radius 1 is 1.17 bits per heavy atom. The van der Waals surface area contributed by atoms with E-state index >= 15 is 0 Å². The van der Waals surface area contributed by atoms with Crippen molar-refractivity contribution < 1.29 is 23.5 Å². The third-order valence-electron chi connectivity index (χ3n) is 8.89. The van der Waals surface area contributed by atoms with Gasteiger partial charge in [-0.1, -0.05) is 6.92 Å². The summed E-state index contributed by atoms with van der Waals surface area (Å²) in [7, 11) is 3.70. The normalized spacial score (nSPS) is 21.1. The Bertz CT molecular complexity index is 1330. The molecule has 2 aromatic rings. The third kappa shape index (κ3) is 6.06. The summed E-state index contributed by atoms with van der Waals surface area (Å²) < 4.78 is 17.7. The summed E-state index contributed by atoms with van der Waals surface area (Å²) in [6.07, 6.45) is 6.41. The van der Waals surface area contributed by atoms with Gasteiger partial charge in [-0.2, -0.15) is 0 Å². The number of nitrogens with one attached hydrogen (secondary N) is 1. The highest BCUT2D eigenvalue weighted by Gasteiger charge is 2.32. The fraction of sp³-hybridized carbons (Fsp3) is 0.594. The number of carbonyl (C=O) groups is 2. The van der Waals surface area contributed by atoms with Gasteiger partial charge in [-0.05, 0) is 83.8 Å². The van der Waals surface area contributed by atoms with E-state index in [0.717, 1.165) is 86.5 Å². The van der Waals surface area contributed by atoms with Gasteiger partial charge < -0.3 is 29.0 Å². The summed E-state index contributed by atoms with van der Waals surface area (Å²) in [5, 5.41) is 3.91. The third-order valence-corrected chi connectivity index (χ3v) is 8.89. The number of carbonyl (C=O) groups excluding carboxylic acids is 2. The van der Waals surface area contributed by atoms with Crippen LogP contribution < -0.4 is 10.2 Å². The van der Waals surface area contributed by atoms with Crippen LogP contribution in [0.5, 0.6) is 0 Å². The van der Waals surface area contributed by atoms with Crippen molar-refractivity contribution in [1.82, 2.24) is 10.2 Å². The van der Waals surface area contributed by atoms with E-state index in [1.165, 1.54) is 0 Å². The number of furan rings is 1. The average molecular weight is 565 g/mol. The molecule has 1 unspecified atom stereocenters. The van der Waals surface area contributed by atoms with Crippen LogP contribution >= 0.6 is 0 Å². The summed E-state index contributed by atoms with van der Waals surface area (Å²) in [6.45, 7) is 10.5. The van der Waals surface area contributed by atoms with Crippen molar-refractivity contribution in [1.29, 1.82) is 0 Å². The van der Waals surface area contributed by atoms with Crippen molar-refractivity contribution in [2.75, 3.05) is 58.5 Å². The average Bonchev–Trinajstić information content (AvgIpc) is 3.40. The Morgan fingerprint density at radius 2 is 1.90 bits per heavy atom. The van der Waals surface area contributed by atoms with E-state index in [1.54, 1.807) is 20.1 Å². The fourth-order valence-electron chi connectivity index (χ4n) is 6.60. The second-order valence-electron chi connectivity index (χ2n) is 11.5. The lowest BCUT2D eigenvalue weighted by Gasteiger charge is -2.37. The van der Waals surface area contributed by atoms with Gasteiger partial charge in [-0.25, -0.2) is 4.99 Å². The monoisotopic (exact) mass is 564 g/mol. The maximum atomic E-state index is 14.1. The molecule has 0 radical (unpaired) electrons. The molecule has 1 aromatic carbocycles. The standard InChI is InChI=1S/C32H44N4O5/c1-6-23-26(36(7-2)22-10-14-40-15-11-22)18-29-24(17-27(41-29)21-8-12-35(4)13-9-21)30(23)32(38)33-19-25-28(39-5)16-20(3)34-31(25)37/h16-18,21-22,25H,6-15,19H2,1-5H3,(H,33,38). The predicted molar refractivity (Wildman–Crippen MR) is 161 cm³/mol. The molecule has 9 heteroatoms. The number of rotatable bonds is 9. The molecule has 9 nitrogen and oxygen atoms in total. The number of likely N-dealkylation sites (tertiary alicyclic amines) is 1. The molecule has 3 aliphatic heterocycles. The minimum atomic E-state index is -0.648. The van der Waals surface area contributed by atoms with Crippen LogP contribution in [0.15, 0.2) is 33.4 Å². The van der Waals surface area contributed by atoms with Crippen LogP contribution in [-0.4, -0.2) is 82.0 Å². The van der Waals surface area contributed by atoms with E-state index in [9.17, 15) is 9.59 Å². The predicted octanol–water partition coefficient (Wildman–Crippen LogP) is 4.69. The number of aliphatic imine (C=N–C) groups is 1. The van der Waals surface area contributed by atoms with Crippen LogP contribution in [0.1, 0.15) is 74.1 Å². The first kappa shape index (κ1) is 29.3. The summed E-state index contributed by atoms with van der Waals surface area (Å²) >= 11 is 0. The number of methoxy groups -OCH3 is 1. The number of piperidine rings is 1. The SMILES string of the molecule is CCc1c(N(CC)C2CCOCC2)cc2oc(C3CCN(C)CC3)cc2c1C(=O)NCC1C(=O)N=C(C)C=C1OC. The van der Waals surface area contributed by atoms with Gasteiger partial charge in [0.1, 0.15) is 23.0 Å². The molecule has 2 fully saturated rings. The molecule has 5 rings (SSSR count). The van der Waals surface area contributed by atoms with Crippen LogP contribution in [0, 0.1) is 5.92 Å². The zero-order chi connectivity index (χ0) is 29.1. The van der Waals surface area contributed by atoms with Gasteiger partial charge in [0.2, 0.25) is 0 Å². The number of fused-ring (bicyclic) bond motifs is 1. The molecule has 2 saturated heterocycles. The molecule has 0 saturated carbocycles. The summed E-state index contributed by atoms with van der Waals surface area (Å²) in [5.41, 5.74) is 4.04. The maximum Gasteiger partial charge on any atom is 0.258 e. The molecule has 3 aliphatic rings. The van der Waals surface area contributed by atoms with Crippen molar-refractivity contribution in [3.05, 3.63) is 40.9 Å². The van der Waals surface area contributed by atoms with Gasteiger partial charge in [0.25, 0.3) is 11.8 Å². The van der Waals surface area contributed by atoms with E-state index in [2.05, 4.69) is 53.1 Å². The first-order chi connectivity index (χ1) is 19.8. The van der Waals surface area contributed by atoms with Crippen molar-refractivity contribution in [3.63, 3.8) is 0 Å². The van der Waals surface area contributed by atoms with Crippen LogP contribution in [0.25, 0.3) is 11.0 Å². The molecule has 1 aromatic heterocycles. The number of dihydropyridines is 1. The van der Waals surface area contributed by atoms with Crippen molar-refractivity contribution >= 4 is 34.2 Å².